The average molecular weight is 463 g/mol. The van der Waals surface area contributed by atoms with Crippen LogP contribution >= 0.6 is 11.8 Å². The van der Waals surface area contributed by atoms with Gasteiger partial charge in [0.2, 0.25) is 11.8 Å². The van der Waals surface area contributed by atoms with Crippen LogP contribution in [0.3, 0.4) is 0 Å². The van der Waals surface area contributed by atoms with Gasteiger partial charge in [-0.15, -0.1) is 11.8 Å². The topological polar surface area (TPSA) is 87.2 Å². The molecule has 0 bridgehead atoms. The zero-order valence-electron chi connectivity index (χ0n) is 19.2. The van der Waals surface area contributed by atoms with Crippen molar-refractivity contribution < 1.29 is 24.2 Å². The number of rotatable bonds is 7. The Balaban J connectivity index is 1.74. The summed E-state index contributed by atoms with van der Waals surface area (Å²) in [6, 6.07) is -0.617. The number of likely N-dealkylation sites (tertiary alicyclic amines) is 1. The summed E-state index contributed by atoms with van der Waals surface area (Å²) in [5.41, 5.74) is 0. The van der Waals surface area contributed by atoms with Crippen LogP contribution in [0.15, 0.2) is 24.3 Å². The van der Waals surface area contributed by atoms with Crippen LogP contribution in [-0.4, -0.2) is 80.6 Å². The Morgan fingerprint density at radius 3 is 2.56 bits per heavy atom. The normalized spacial score (nSPS) is 36.2. The number of ether oxygens (including phenoxy) is 1. The minimum absolute atomic E-state index is 0.0141. The zero-order valence-corrected chi connectivity index (χ0v) is 20.0. The zero-order chi connectivity index (χ0) is 23.1. The first kappa shape index (κ1) is 23.4. The molecule has 0 saturated carbocycles. The van der Waals surface area contributed by atoms with Crippen LogP contribution < -0.4 is 0 Å². The number of aliphatic hydroxyl groups excluding tert-OH is 1. The van der Waals surface area contributed by atoms with Gasteiger partial charge in [0.05, 0.1) is 16.6 Å². The number of fused-ring (bicyclic) bond motifs is 2. The molecule has 4 heterocycles. The van der Waals surface area contributed by atoms with E-state index in [1.807, 2.05) is 50.0 Å². The molecule has 1 N–H and O–H groups in total. The quantitative estimate of drug-likeness (QED) is 0.354. The maximum atomic E-state index is 13.9. The number of esters is 1. The van der Waals surface area contributed by atoms with Gasteiger partial charge < -0.3 is 19.6 Å². The third-order valence-corrected chi connectivity index (χ3v) is 9.07. The molecule has 0 aromatic rings. The molecule has 0 radical (unpaired) electrons. The molecule has 8 heteroatoms. The van der Waals surface area contributed by atoms with Crippen LogP contribution in [-0.2, 0) is 19.1 Å². The van der Waals surface area contributed by atoms with Crippen LogP contribution in [0.5, 0.6) is 0 Å². The van der Waals surface area contributed by atoms with Crippen molar-refractivity contribution in [2.24, 2.45) is 11.8 Å². The highest BCUT2D eigenvalue weighted by Gasteiger charge is 2.73. The van der Waals surface area contributed by atoms with E-state index in [1.54, 1.807) is 16.7 Å². The number of unbranched alkanes of at least 4 members (excludes halogenated alkanes) is 3. The number of hydrogen-bond acceptors (Lipinski definition) is 6. The summed E-state index contributed by atoms with van der Waals surface area (Å²) in [4.78, 5) is 44.4. The van der Waals surface area contributed by atoms with Gasteiger partial charge in [0.1, 0.15) is 12.6 Å². The number of hydrogen-bond donors (Lipinski definition) is 1. The fourth-order valence-electron chi connectivity index (χ4n) is 5.82. The smallest absolute Gasteiger partial charge is 0.311 e. The van der Waals surface area contributed by atoms with E-state index in [2.05, 4.69) is 0 Å². The fraction of sp³-hybridized carbons (Fsp3) is 0.708. The minimum Gasteiger partial charge on any atom is -0.461 e. The lowest BCUT2D eigenvalue weighted by Crippen LogP contribution is -2.54. The molecule has 1 spiro atoms. The summed E-state index contributed by atoms with van der Waals surface area (Å²) in [5, 5.41) is 9.04. The summed E-state index contributed by atoms with van der Waals surface area (Å²) in [7, 11) is 0. The lowest BCUT2D eigenvalue weighted by Gasteiger charge is -2.37. The monoisotopic (exact) mass is 462 g/mol. The van der Waals surface area contributed by atoms with Crippen molar-refractivity contribution in [2.75, 3.05) is 26.3 Å². The van der Waals surface area contributed by atoms with Crippen LogP contribution in [0, 0.1) is 11.8 Å². The van der Waals surface area contributed by atoms with E-state index >= 15 is 0 Å². The second-order valence-corrected chi connectivity index (χ2v) is 11.5. The molecule has 0 aromatic carbocycles. The van der Waals surface area contributed by atoms with E-state index in [-0.39, 0.29) is 37.0 Å². The predicted octanol–water partition coefficient (Wildman–Crippen LogP) is 2.15. The van der Waals surface area contributed by atoms with Gasteiger partial charge in [0.25, 0.3) is 0 Å². The Bertz CT molecular complexity index is 842. The Labute approximate surface area is 194 Å². The molecule has 7 nitrogen and oxygen atoms in total. The molecule has 5 atom stereocenters. The first-order chi connectivity index (χ1) is 15.3. The van der Waals surface area contributed by atoms with E-state index < -0.39 is 27.4 Å². The van der Waals surface area contributed by atoms with Gasteiger partial charge >= 0.3 is 5.97 Å². The molecule has 4 rings (SSSR count). The minimum atomic E-state index is -0.789. The van der Waals surface area contributed by atoms with Crippen molar-refractivity contribution in [3.05, 3.63) is 24.3 Å². The van der Waals surface area contributed by atoms with Crippen LogP contribution in [0.1, 0.15) is 46.5 Å². The molecule has 176 valence electrons. The standard InChI is InChI=1S/C24H34N2O5S/c1-16(2)25-13-8-11-24-17(18-22(30)31-15-9-10-23(18,3)32-24)20(28)26(19(24)21(25)29)12-6-4-5-7-14-27/h8-11,16-19,27H,4-7,12-15H2,1-3H3/t17-,18+,19?,23-,24-/m0/s1. The van der Waals surface area contributed by atoms with Crippen molar-refractivity contribution >= 4 is 29.5 Å². The molecule has 4 aliphatic rings. The first-order valence-electron chi connectivity index (χ1n) is 11.7. The molecule has 2 fully saturated rings. The fourth-order valence-corrected chi connectivity index (χ4v) is 7.98. The van der Waals surface area contributed by atoms with Gasteiger partial charge in [-0.05, 0) is 39.7 Å². The summed E-state index contributed by atoms with van der Waals surface area (Å²) in [6.45, 7) is 7.33. The molecule has 0 aromatic heterocycles. The molecule has 2 amide bonds. The summed E-state index contributed by atoms with van der Waals surface area (Å²) in [6.07, 6.45) is 11.2. The van der Waals surface area contributed by atoms with Crippen LogP contribution in [0.4, 0.5) is 0 Å². The van der Waals surface area contributed by atoms with Gasteiger partial charge in [-0.3, -0.25) is 14.4 Å². The number of thioether (sulfide) groups is 1. The molecule has 0 aliphatic carbocycles. The van der Waals surface area contributed by atoms with Gasteiger partial charge in [-0.2, -0.15) is 0 Å². The van der Waals surface area contributed by atoms with E-state index in [9.17, 15) is 14.4 Å². The number of amides is 2. The second kappa shape index (κ2) is 8.86. The average Bonchev–Trinajstić information content (AvgIpc) is 2.98. The molecule has 2 saturated heterocycles. The van der Waals surface area contributed by atoms with E-state index in [0.717, 1.165) is 25.7 Å². The van der Waals surface area contributed by atoms with E-state index in [4.69, 9.17) is 9.84 Å². The van der Waals surface area contributed by atoms with Gasteiger partial charge in [-0.1, -0.05) is 31.1 Å². The SMILES string of the molecule is CC(C)N1CC=C[C@]23S[C@@]4(C)C=CCOC(=O)[C@H]4[C@H]2C(=O)N(CCCCCCO)C3C1=O. The molecule has 32 heavy (non-hydrogen) atoms. The summed E-state index contributed by atoms with van der Waals surface area (Å²) < 4.78 is 4.05. The van der Waals surface area contributed by atoms with Crippen LogP contribution in [0.25, 0.3) is 0 Å². The number of carbonyl (C=O) groups is 3. The van der Waals surface area contributed by atoms with Crippen molar-refractivity contribution in [1.82, 2.24) is 9.80 Å². The second-order valence-electron chi connectivity index (χ2n) is 9.69. The Kier molecular flexibility index (Phi) is 6.47. The third-order valence-electron chi connectivity index (χ3n) is 7.27. The largest absolute Gasteiger partial charge is 0.461 e. The van der Waals surface area contributed by atoms with Gasteiger partial charge in [0, 0.05) is 30.5 Å². The third kappa shape index (κ3) is 3.59. The van der Waals surface area contributed by atoms with Crippen molar-refractivity contribution in [3.63, 3.8) is 0 Å². The lowest BCUT2D eigenvalue weighted by molar-refractivity contribution is -0.152. The number of aliphatic hydroxyl groups is 1. The molecule has 1 unspecified atom stereocenters. The summed E-state index contributed by atoms with van der Waals surface area (Å²) in [5.74, 6) is -1.75. The van der Waals surface area contributed by atoms with Crippen molar-refractivity contribution in [1.29, 1.82) is 0 Å². The maximum absolute atomic E-state index is 13.9. The van der Waals surface area contributed by atoms with Crippen LogP contribution in [0.2, 0.25) is 0 Å². The van der Waals surface area contributed by atoms with E-state index in [1.165, 1.54) is 0 Å². The Morgan fingerprint density at radius 1 is 1.09 bits per heavy atom. The highest BCUT2D eigenvalue weighted by atomic mass is 32.2. The number of nitrogens with zero attached hydrogens (tertiary/aromatic N) is 2. The number of carbonyl (C=O) groups excluding carboxylic acids is 3. The highest BCUT2D eigenvalue weighted by molar-refractivity contribution is 8.02. The molecular weight excluding hydrogens is 428 g/mol. The van der Waals surface area contributed by atoms with Crippen molar-refractivity contribution in [2.45, 2.75) is 68.0 Å². The summed E-state index contributed by atoms with van der Waals surface area (Å²) >= 11 is 1.58. The molecular formula is C24H34N2O5S. The van der Waals surface area contributed by atoms with Gasteiger partial charge in [-0.25, -0.2) is 0 Å². The maximum Gasteiger partial charge on any atom is 0.311 e. The lowest BCUT2D eigenvalue weighted by atomic mass is 9.75. The predicted molar refractivity (Wildman–Crippen MR) is 123 cm³/mol. The van der Waals surface area contributed by atoms with Crippen molar-refractivity contribution in [3.8, 4) is 0 Å². The first-order valence-corrected chi connectivity index (χ1v) is 12.5. The van der Waals surface area contributed by atoms with E-state index in [0.29, 0.717) is 13.1 Å². The Morgan fingerprint density at radius 2 is 1.84 bits per heavy atom. The molecule has 4 aliphatic heterocycles. The Hall–Kier alpha value is -1.80. The van der Waals surface area contributed by atoms with Gasteiger partial charge in [0.15, 0.2) is 0 Å². The highest BCUT2D eigenvalue weighted by Crippen LogP contribution is 2.65. The number of cyclic esters (lactones) is 1.